The summed E-state index contributed by atoms with van der Waals surface area (Å²) in [6.07, 6.45) is 6.17. The Morgan fingerprint density at radius 1 is 1.21 bits per heavy atom. The maximum Gasteiger partial charge on any atom is 0.260 e. The third-order valence-electron chi connectivity index (χ3n) is 7.26. The summed E-state index contributed by atoms with van der Waals surface area (Å²) in [6, 6.07) is 8.28. The molecule has 0 bridgehead atoms. The number of carbonyl (C=O) groups excluding carboxylic acids is 1. The zero-order chi connectivity index (χ0) is 26.6. The molecule has 2 N–H and O–H groups in total. The van der Waals surface area contributed by atoms with Crippen LogP contribution in [0.5, 0.6) is 5.75 Å². The van der Waals surface area contributed by atoms with Crippen LogP contribution in [-0.2, 0) is 13.6 Å². The summed E-state index contributed by atoms with van der Waals surface area (Å²) < 4.78 is 22.2. The first-order valence-electron chi connectivity index (χ1n) is 12.5. The molecule has 1 aromatic carbocycles. The normalized spacial score (nSPS) is 16.9. The maximum atomic E-state index is 15.0. The minimum Gasteiger partial charge on any atom is -0.496 e. The van der Waals surface area contributed by atoms with E-state index in [-0.39, 0.29) is 24.1 Å². The Bertz CT molecular complexity index is 1570. The summed E-state index contributed by atoms with van der Waals surface area (Å²) in [7, 11) is 3.36. The number of hydrogen-bond acceptors (Lipinski definition) is 7. The van der Waals surface area contributed by atoms with Crippen LogP contribution in [0.1, 0.15) is 27.9 Å². The molecule has 1 atom stereocenters. The number of hydrogen-bond donors (Lipinski definition) is 1. The lowest BCUT2D eigenvalue weighted by molar-refractivity contribution is 0.0996. The number of ether oxygens (including phenoxy) is 1. The highest BCUT2D eigenvalue weighted by Gasteiger charge is 2.35. The lowest BCUT2D eigenvalue weighted by Crippen LogP contribution is -2.29. The second-order valence-corrected chi connectivity index (χ2v) is 9.79. The Labute approximate surface area is 219 Å². The van der Waals surface area contributed by atoms with Crippen LogP contribution < -0.4 is 20.3 Å². The Balaban J connectivity index is 1.46. The van der Waals surface area contributed by atoms with E-state index in [1.165, 1.54) is 19.4 Å². The van der Waals surface area contributed by atoms with E-state index in [1.54, 1.807) is 27.8 Å². The monoisotopic (exact) mass is 513 g/mol. The van der Waals surface area contributed by atoms with Crippen molar-refractivity contribution in [1.82, 2.24) is 19.7 Å². The molecule has 1 saturated heterocycles. The first-order valence-corrected chi connectivity index (χ1v) is 12.5. The topological polar surface area (TPSA) is 102 Å². The van der Waals surface area contributed by atoms with Crippen LogP contribution in [0.15, 0.2) is 48.9 Å². The quantitative estimate of drug-likeness (QED) is 0.434. The lowest BCUT2D eigenvalue weighted by atomic mass is 10.0. The molecule has 0 saturated carbocycles. The Hall–Kier alpha value is -4.31. The van der Waals surface area contributed by atoms with Crippen LogP contribution in [0.3, 0.4) is 0 Å². The van der Waals surface area contributed by atoms with Crippen LogP contribution in [0.25, 0.3) is 22.4 Å². The summed E-state index contributed by atoms with van der Waals surface area (Å²) in [5, 5.41) is 4.35. The highest BCUT2D eigenvalue weighted by molar-refractivity contribution is 6.11. The molecule has 10 heteroatoms. The molecule has 2 aliphatic heterocycles. The summed E-state index contributed by atoms with van der Waals surface area (Å²) in [6.45, 7) is 3.68. The Morgan fingerprint density at radius 3 is 2.76 bits per heavy atom. The number of benzene rings is 1. The molecule has 0 spiro atoms. The van der Waals surface area contributed by atoms with Crippen molar-refractivity contribution in [1.29, 1.82) is 0 Å². The third-order valence-corrected chi connectivity index (χ3v) is 7.26. The third kappa shape index (κ3) is 3.88. The number of aromatic nitrogens is 4. The smallest absolute Gasteiger partial charge is 0.260 e. The van der Waals surface area contributed by atoms with Gasteiger partial charge in [-0.1, -0.05) is 6.07 Å². The Kier molecular flexibility index (Phi) is 5.83. The summed E-state index contributed by atoms with van der Waals surface area (Å²) in [4.78, 5) is 27.0. The fourth-order valence-corrected chi connectivity index (χ4v) is 5.43. The average molecular weight is 514 g/mol. The largest absolute Gasteiger partial charge is 0.496 e. The number of anilines is 2. The molecule has 194 valence electrons. The molecule has 1 fully saturated rings. The fourth-order valence-electron chi connectivity index (χ4n) is 5.43. The number of aryl methyl sites for hydroxylation is 2. The SMILES string of the molecule is COc1cccc(F)c1-c1nccc2c1CN(c1cc(C)c(-c3cnn(C)c3)c(N3CC[C@@H](N)C3)n1)C2=O. The van der Waals surface area contributed by atoms with E-state index in [2.05, 4.69) is 15.0 Å². The zero-order valence-electron chi connectivity index (χ0n) is 21.5. The molecular formula is C28H28FN7O2. The number of pyridine rings is 2. The second kappa shape index (κ2) is 9.21. The highest BCUT2D eigenvalue weighted by Crippen LogP contribution is 2.41. The van der Waals surface area contributed by atoms with Crippen molar-refractivity contribution in [2.75, 3.05) is 30.0 Å². The number of halogens is 1. The van der Waals surface area contributed by atoms with E-state index in [4.69, 9.17) is 15.5 Å². The van der Waals surface area contributed by atoms with E-state index in [0.717, 1.165) is 35.5 Å². The van der Waals surface area contributed by atoms with Crippen molar-refractivity contribution < 1.29 is 13.9 Å². The first-order chi connectivity index (χ1) is 18.4. The van der Waals surface area contributed by atoms with Crippen molar-refractivity contribution in [3.8, 4) is 28.1 Å². The molecule has 38 heavy (non-hydrogen) atoms. The molecule has 0 aliphatic carbocycles. The minimum absolute atomic E-state index is 0.0598. The van der Waals surface area contributed by atoms with Crippen molar-refractivity contribution in [3.05, 3.63) is 71.4 Å². The number of fused-ring (bicyclic) bond motifs is 1. The van der Waals surface area contributed by atoms with Crippen LogP contribution in [0, 0.1) is 12.7 Å². The van der Waals surface area contributed by atoms with Crippen LogP contribution >= 0.6 is 0 Å². The number of amides is 1. The van der Waals surface area contributed by atoms with Gasteiger partial charge in [0.1, 0.15) is 23.2 Å². The highest BCUT2D eigenvalue weighted by atomic mass is 19.1. The molecule has 0 unspecified atom stereocenters. The zero-order valence-corrected chi connectivity index (χ0v) is 21.5. The van der Waals surface area contributed by atoms with Gasteiger partial charge >= 0.3 is 0 Å². The van der Waals surface area contributed by atoms with Crippen LogP contribution in [-0.4, -0.2) is 51.9 Å². The standard InChI is InChI=1S/C28H28FN7O2/c1-16-11-23(33-27(35-10-8-18(30)14-35)24(16)17-12-32-34(2)13-17)36-15-20-19(28(36)37)7-9-31-26(20)25-21(29)5-4-6-22(25)38-3/h4-7,9,11-13,18H,8,10,14-15,30H2,1-3H3/t18-/m1/s1. The van der Waals surface area contributed by atoms with Gasteiger partial charge in [-0.15, -0.1) is 0 Å². The molecule has 0 radical (unpaired) electrons. The summed E-state index contributed by atoms with van der Waals surface area (Å²) in [5.74, 6) is 0.999. The number of rotatable bonds is 5. The van der Waals surface area contributed by atoms with Crippen LogP contribution in [0.4, 0.5) is 16.0 Å². The summed E-state index contributed by atoms with van der Waals surface area (Å²) in [5.41, 5.74) is 10.9. The predicted octanol–water partition coefficient (Wildman–Crippen LogP) is 3.70. The van der Waals surface area contributed by atoms with Gasteiger partial charge in [-0.05, 0) is 43.2 Å². The average Bonchev–Trinajstić information content (AvgIpc) is 3.62. The second-order valence-electron chi connectivity index (χ2n) is 9.79. The van der Waals surface area contributed by atoms with E-state index in [0.29, 0.717) is 34.9 Å². The van der Waals surface area contributed by atoms with Gasteiger partial charge in [0.05, 0.1) is 31.1 Å². The van der Waals surface area contributed by atoms with E-state index >= 15 is 0 Å². The number of nitrogens with two attached hydrogens (primary N) is 1. The van der Waals surface area contributed by atoms with E-state index < -0.39 is 5.82 Å². The molecule has 4 aromatic rings. The van der Waals surface area contributed by atoms with Gasteiger partial charge in [0.15, 0.2) is 0 Å². The molecule has 6 rings (SSSR count). The van der Waals surface area contributed by atoms with Crippen molar-refractivity contribution in [2.24, 2.45) is 12.8 Å². The van der Waals surface area contributed by atoms with Crippen LogP contribution in [0.2, 0.25) is 0 Å². The minimum atomic E-state index is -0.460. The first kappa shape index (κ1) is 24.1. The summed E-state index contributed by atoms with van der Waals surface area (Å²) >= 11 is 0. The van der Waals surface area contributed by atoms with Gasteiger partial charge in [0.2, 0.25) is 0 Å². The van der Waals surface area contributed by atoms with E-state index in [1.807, 2.05) is 32.4 Å². The van der Waals surface area contributed by atoms with Crippen molar-refractivity contribution in [2.45, 2.75) is 25.9 Å². The molecule has 1 amide bonds. The maximum absolute atomic E-state index is 15.0. The van der Waals surface area contributed by atoms with Gasteiger partial charge in [0.25, 0.3) is 5.91 Å². The molecule has 3 aromatic heterocycles. The molecule has 2 aliphatic rings. The van der Waals surface area contributed by atoms with Gasteiger partial charge in [-0.25, -0.2) is 9.37 Å². The van der Waals surface area contributed by atoms with Crippen molar-refractivity contribution in [3.63, 3.8) is 0 Å². The van der Waals surface area contributed by atoms with Gasteiger partial charge in [-0.2, -0.15) is 5.10 Å². The molecule has 9 nitrogen and oxygen atoms in total. The number of carbonyl (C=O) groups is 1. The van der Waals surface area contributed by atoms with E-state index in [9.17, 15) is 9.18 Å². The van der Waals surface area contributed by atoms with Gasteiger partial charge < -0.3 is 15.4 Å². The van der Waals surface area contributed by atoms with Gasteiger partial charge in [-0.3, -0.25) is 19.4 Å². The Morgan fingerprint density at radius 2 is 2.05 bits per heavy atom. The lowest BCUT2D eigenvalue weighted by Gasteiger charge is -2.25. The predicted molar refractivity (Wildman–Crippen MR) is 143 cm³/mol. The fraction of sp³-hybridized carbons (Fsp3) is 0.286. The molecular weight excluding hydrogens is 485 g/mol. The number of methoxy groups -OCH3 is 1. The number of nitrogens with zero attached hydrogens (tertiary/aromatic N) is 6. The van der Waals surface area contributed by atoms with Crippen molar-refractivity contribution >= 4 is 17.5 Å². The van der Waals surface area contributed by atoms with Gasteiger partial charge in [0, 0.05) is 60.8 Å². The molecule has 5 heterocycles.